The summed E-state index contributed by atoms with van der Waals surface area (Å²) < 4.78 is 0. The molecule has 2 rings (SSSR count). The highest BCUT2D eigenvalue weighted by Crippen LogP contribution is 2.18. The predicted molar refractivity (Wildman–Crippen MR) is 77.4 cm³/mol. The molecule has 0 fully saturated rings. The van der Waals surface area contributed by atoms with E-state index in [0.29, 0.717) is 0 Å². The summed E-state index contributed by atoms with van der Waals surface area (Å²) in [5.74, 6) is 2.69. The molecule has 0 spiro atoms. The van der Waals surface area contributed by atoms with Crippen LogP contribution in [0.4, 0.5) is 11.6 Å². The second-order valence-corrected chi connectivity index (χ2v) is 4.90. The van der Waals surface area contributed by atoms with Gasteiger partial charge in [-0.3, -0.25) is 0 Å². The van der Waals surface area contributed by atoms with E-state index in [1.165, 1.54) is 5.56 Å². The van der Waals surface area contributed by atoms with Crippen molar-refractivity contribution in [2.24, 2.45) is 0 Å². The Morgan fingerprint density at radius 1 is 1.39 bits per heavy atom. The minimum atomic E-state index is 0.842. The first kappa shape index (κ1) is 12.8. The van der Waals surface area contributed by atoms with E-state index in [9.17, 15) is 0 Å². The molecule has 0 aromatic carbocycles. The van der Waals surface area contributed by atoms with Crippen molar-refractivity contribution in [3.05, 3.63) is 34.3 Å². The van der Waals surface area contributed by atoms with Crippen LogP contribution in [0.3, 0.4) is 0 Å². The third-order valence-corrected chi connectivity index (χ3v) is 3.45. The van der Waals surface area contributed by atoms with Crippen molar-refractivity contribution < 1.29 is 0 Å². The average Bonchev–Trinajstić information content (AvgIpc) is 2.90. The monoisotopic (exact) mass is 262 g/mol. The van der Waals surface area contributed by atoms with Crippen LogP contribution in [-0.2, 0) is 13.0 Å². The summed E-state index contributed by atoms with van der Waals surface area (Å²) in [5, 5.41) is 7.34. The zero-order valence-corrected chi connectivity index (χ0v) is 11.8. The first-order valence-corrected chi connectivity index (χ1v) is 6.95. The quantitative estimate of drug-likeness (QED) is 0.899. The molecule has 18 heavy (non-hydrogen) atoms. The number of nitrogens with one attached hydrogen (secondary N) is 1. The van der Waals surface area contributed by atoms with Crippen LogP contribution >= 0.6 is 11.3 Å². The molecule has 2 aromatic rings. The Kier molecular flexibility index (Phi) is 4.15. The molecule has 0 saturated carbocycles. The number of hydrogen-bond acceptors (Lipinski definition) is 5. The maximum atomic E-state index is 4.56. The largest absolute Gasteiger partial charge is 0.373 e. The highest BCUT2D eigenvalue weighted by molar-refractivity contribution is 7.07. The van der Waals surface area contributed by atoms with E-state index in [1.54, 1.807) is 11.3 Å². The van der Waals surface area contributed by atoms with Crippen molar-refractivity contribution >= 4 is 23.0 Å². The molecular formula is C13H18N4S. The number of hydrogen-bond donors (Lipinski definition) is 1. The molecule has 0 aliphatic rings. The van der Waals surface area contributed by atoms with E-state index < -0.39 is 0 Å². The fourth-order valence-electron chi connectivity index (χ4n) is 1.70. The van der Waals surface area contributed by atoms with Crippen molar-refractivity contribution in [3.8, 4) is 0 Å². The zero-order chi connectivity index (χ0) is 13.0. The molecular weight excluding hydrogens is 244 g/mol. The van der Waals surface area contributed by atoms with Gasteiger partial charge in [-0.1, -0.05) is 6.92 Å². The summed E-state index contributed by atoms with van der Waals surface area (Å²) in [6.07, 6.45) is 0.842. The Labute approximate surface area is 112 Å². The van der Waals surface area contributed by atoms with Gasteiger partial charge in [0.05, 0.1) is 0 Å². The average molecular weight is 262 g/mol. The number of aromatic nitrogens is 2. The second-order valence-electron chi connectivity index (χ2n) is 4.12. The maximum Gasteiger partial charge on any atom is 0.134 e. The van der Waals surface area contributed by atoms with Crippen LogP contribution in [0.2, 0.25) is 0 Å². The normalized spacial score (nSPS) is 10.4. The van der Waals surface area contributed by atoms with E-state index in [2.05, 4.69) is 51.0 Å². The van der Waals surface area contributed by atoms with E-state index in [0.717, 1.165) is 30.4 Å². The molecule has 5 heteroatoms. The number of rotatable bonds is 5. The van der Waals surface area contributed by atoms with Crippen molar-refractivity contribution in [1.29, 1.82) is 0 Å². The lowest BCUT2D eigenvalue weighted by Gasteiger charge is -2.18. The van der Waals surface area contributed by atoms with Gasteiger partial charge < -0.3 is 10.2 Å². The maximum absolute atomic E-state index is 4.56. The summed E-state index contributed by atoms with van der Waals surface area (Å²) in [7, 11) is 3.93. The molecule has 0 radical (unpaired) electrons. The van der Waals surface area contributed by atoms with Gasteiger partial charge in [-0.2, -0.15) is 11.3 Å². The standard InChI is InChI=1S/C13H18N4S/c1-4-11-15-12(14-2)7-13(16-11)17(3)8-10-5-6-18-9-10/h5-7,9H,4,8H2,1-3H3,(H,14,15,16). The van der Waals surface area contributed by atoms with Gasteiger partial charge in [-0.05, 0) is 22.4 Å². The molecule has 2 heterocycles. The van der Waals surface area contributed by atoms with Gasteiger partial charge in [0.15, 0.2) is 0 Å². The Morgan fingerprint density at radius 3 is 2.83 bits per heavy atom. The summed E-state index contributed by atoms with van der Waals surface area (Å²) in [6, 6.07) is 4.12. The highest BCUT2D eigenvalue weighted by Gasteiger charge is 2.08. The van der Waals surface area contributed by atoms with Gasteiger partial charge in [0.1, 0.15) is 17.5 Å². The number of anilines is 2. The van der Waals surface area contributed by atoms with Crippen LogP contribution in [0.15, 0.2) is 22.9 Å². The Balaban J connectivity index is 2.20. The Bertz CT molecular complexity index is 473. The number of nitrogens with zero attached hydrogens (tertiary/aromatic N) is 3. The predicted octanol–water partition coefficient (Wildman–Crippen LogP) is 2.78. The first-order valence-electron chi connectivity index (χ1n) is 6.01. The molecule has 0 atom stereocenters. The molecule has 0 bridgehead atoms. The van der Waals surface area contributed by atoms with E-state index in [1.807, 2.05) is 13.1 Å². The van der Waals surface area contributed by atoms with Gasteiger partial charge >= 0.3 is 0 Å². The SMILES string of the molecule is CCc1nc(NC)cc(N(C)Cc2ccsc2)n1. The minimum Gasteiger partial charge on any atom is -0.373 e. The molecule has 1 N–H and O–H groups in total. The Morgan fingerprint density at radius 2 is 2.22 bits per heavy atom. The number of thiophene rings is 1. The molecule has 0 amide bonds. The van der Waals surface area contributed by atoms with E-state index in [4.69, 9.17) is 0 Å². The van der Waals surface area contributed by atoms with Gasteiger partial charge in [0.2, 0.25) is 0 Å². The minimum absolute atomic E-state index is 0.842. The summed E-state index contributed by atoms with van der Waals surface area (Å²) in [5.41, 5.74) is 1.31. The van der Waals surface area contributed by atoms with Gasteiger partial charge in [0.25, 0.3) is 0 Å². The van der Waals surface area contributed by atoms with Crippen LogP contribution in [0.5, 0.6) is 0 Å². The second kappa shape index (κ2) is 5.82. The third kappa shape index (κ3) is 2.98. The lowest BCUT2D eigenvalue weighted by molar-refractivity contribution is 0.862. The summed E-state index contributed by atoms with van der Waals surface area (Å²) >= 11 is 1.72. The molecule has 0 aliphatic carbocycles. The smallest absolute Gasteiger partial charge is 0.134 e. The molecule has 0 aliphatic heterocycles. The molecule has 0 saturated heterocycles. The first-order chi connectivity index (χ1) is 8.72. The topological polar surface area (TPSA) is 41.1 Å². The zero-order valence-electron chi connectivity index (χ0n) is 11.0. The van der Waals surface area contributed by atoms with Crippen molar-refractivity contribution in [1.82, 2.24) is 9.97 Å². The van der Waals surface area contributed by atoms with Gasteiger partial charge in [-0.25, -0.2) is 9.97 Å². The van der Waals surface area contributed by atoms with Crippen LogP contribution in [0, 0.1) is 0 Å². The van der Waals surface area contributed by atoms with E-state index >= 15 is 0 Å². The molecule has 2 aromatic heterocycles. The summed E-state index contributed by atoms with van der Waals surface area (Å²) in [6.45, 7) is 2.93. The molecule has 0 unspecified atom stereocenters. The number of aryl methyl sites for hydroxylation is 1. The lowest BCUT2D eigenvalue weighted by Crippen LogP contribution is -2.18. The fourth-order valence-corrected chi connectivity index (χ4v) is 2.36. The third-order valence-electron chi connectivity index (χ3n) is 2.72. The molecule has 4 nitrogen and oxygen atoms in total. The fraction of sp³-hybridized carbons (Fsp3) is 0.385. The van der Waals surface area contributed by atoms with Gasteiger partial charge in [-0.15, -0.1) is 0 Å². The van der Waals surface area contributed by atoms with Crippen molar-refractivity contribution in [2.75, 3.05) is 24.3 Å². The summed E-state index contributed by atoms with van der Waals surface area (Å²) in [4.78, 5) is 11.1. The lowest BCUT2D eigenvalue weighted by atomic mass is 10.3. The Hall–Kier alpha value is -1.62. The van der Waals surface area contributed by atoms with Crippen LogP contribution < -0.4 is 10.2 Å². The van der Waals surface area contributed by atoms with Gasteiger partial charge in [0, 0.05) is 33.1 Å². The van der Waals surface area contributed by atoms with Crippen LogP contribution in [0.25, 0.3) is 0 Å². The van der Waals surface area contributed by atoms with Crippen molar-refractivity contribution in [3.63, 3.8) is 0 Å². The van der Waals surface area contributed by atoms with E-state index in [-0.39, 0.29) is 0 Å². The van der Waals surface area contributed by atoms with Crippen LogP contribution in [0.1, 0.15) is 18.3 Å². The highest BCUT2D eigenvalue weighted by atomic mass is 32.1. The van der Waals surface area contributed by atoms with Crippen LogP contribution in [-0.4, -0.2) is 24.1 Å². The van der Waals surface area contributed by atoms with Crippen molar-refractivity contribution in [2.45, 2.75) is 19.9 Å². The molecule has 96 valence electrons.